The molecule has 0 aliphatic heterocycles. The lowest BCUT2D eigenvalue weighted by Gasteiger charge is -2.29. The summed E-state index contributed by atoms with van der Waals surface area (Å²) in [7, 11) is 0. The Kier molecular flexibility index (Phi) is 5.19. The van der Waals surface area contributed by atoms with Gasteiger partial charge in [0, 0.05) is 24.2 Å². The van der Waals surface area contributed by atoms with E-state index in [9.17, 15) is 5.11 Å². The van der Waals surface area contributed by atoms with E-state index in [0.717, 1.165) is 27.8 Å². The van der Waals surface area contributed by atoms with E-state index in [1.807, 2.05) is 32.2 Å². The minimum atomic E-state index is -0.680. The fourth-order valence-corrected chi connectivity index (χ4v) is 2.95. The first kappa shape index (κ1) is 16.2. The maximum Gasteiger partial charge on any atom is 0.162 e. The molecule has 0 saturated heterocycles. The number of aryl methyl sites for hydroxylation is 1. The molecule has 2 aromatic heterocycles. The number of thiazole rings is 1. The lowest BCUT2D eigenvalue weighted by Crippen LogP contribution is -2.42. The van der Waals surface area contributed by atoms with Gasteiger partial charge in [0.05, 0.1) is 5.60 Å². The molecule has 2 unspecified atom stereocenters. The molecule has 0 aliphatic carbocycles. The molecule has 5 heteroatoms. The standard InChI is InChI=1S/C16H24N2O2S/c1-5-11(2)16(4,19)10-17-8-13-9-18-15(21-13)14-7-6-12(3)20-14/h6-7,9,11,17,19H,5,8,10H2,1-4H3. The number of aliphatic hydroxyl groups is 1. The van der Waals surface area contributed by atoms with Gasteiger partial charge in [-0.1, -0.05) is 20.3 Å². The van der Waals surface area contributed by atoms with Gasteiger partial charge in [-0.05, 0) is 31.9 Å². The summed E-state index contributed by atoms with van der Waals surface area (Å²) >= 11 is 1.62. The maximum atomic E-state index is 10.4. The van der Waals surface area contributed by atoms with Crippen LogP contribution >= 0.6 is 11.3 Å². The van der Waals surface area contributed by atoms with Crippen molar-refractivity contribution in [1.29, 1.82) is 0 Å². The van der Waals surface area contributed by atoms with Crippen molar-refractivity contribution in [2.45, 2.75) is 46.3 Å². The fourth-order valence-electron chi connectivity index (χ4n) is 2.11. The van der Waals surface area contributed by atoms with Gasteiger partial charge in [0.15, 0.2) is 10.8 Å². The van der Waals surface area contributed by atoms with Crippen LogP contribution in [0.4, 0.5) is 0 Å². The number of nitrogens with zero attached hydrogens (tertiary/aromatic N) is 1. The van der Waals surface area contributed by atoms with Crippen LogP contribution in [-0.2, 0) is 6.54 Å². The van der Waals surface area contributed by atoms with Gasteiger partial charge < -0.3 is 14.8 Å². The van der Waals surface area contributed by atoms with Gasteiger partial charge in [-0.25, -0.2) is 4.98 Å². The monoisotopic (exact) mass is 308 g/mol. The highest BCUT2D eigenvalue weighted by Gasteiger charge is 2.26. The van der Waals surface area contributed by atoms with Crippen molar-refractivity contribution in [3.8, 4) is 10.8 Å². The van der Waals surface area contributed by atoms with E-state index >= 15 is 0 Å². The molecule has 4 nitrogen and oxygen atoms in total. The van der Waals surface area contributed by atoms with Gasteiger partial charge in [0.25, 0.3) is 0 Å². The Morgan fingerprint density at radius 2 is 2.24 bits per heavy atom. The highest BCUT2D eigenvalue weighted by Crippen LogP contribution is 2.27. The minimum absolute atomic E-state index is 0.271. The third kappa shape index (κ3) is 4.15. The first-order valence-electron chi connectivity index (χ1n) is 7.37. The predicted molar refractivity (Wildman–Crippen MR) is 86.3 cm³/mol. The van der Waals surface area contributed by atoms with Gasteiger partial charge >= 0.3 is 0 Å². The smallest absolute Gasteiger partial charge is 0.162 e. The van der Waals surface area contributed by atoms with Gasteiger partial charge in [0.2, 0.25) is 0 Å². The number of hydrogen-bond acceptors (Lipinski definition) is 5. The fraction of sp³-hybridized carbons (Fsp3) is 0.562. The Morgan fingerprint density at radius 3 is 2.86 bits per heavy atom. The van der Waals surface area contributed by atoms with E-state index in [4.69, 9.17) is 4.42 Å². The quantitative estimate of drug-likeness (QED) is 0.820. The summed E-state index contributed by atoms with van der Waals surface area (Å²) < 4.78 is 5.58. The van der Waals surface area contributed by atoms with Gasteiger partial charge in [-0.3, -0.25) is 0 Å². The maximum absolute atomic E-state index is 10.4. The SMILES string of the molecule is CCC(C)C(C)(O)CNCc1cnc(-c2ccc(C)o2)s1. The Bertz CT molecular complexity index is 574. The molecule has 0 aromatic carbocycles. The molecule has 0 aliphatic rings. The average molecular weight is 308 g/mol. The molecule has 0 spiro atoms. The molecule has 0 radical (unpaired) electrons. The average Bonchev–Trinajstić information content (AvgIpc) is 3.06. The second-order valence-electron chi connectivity index (χ2n) is 5.81. The van der Waals surface area contributed by atoms with E-state index in [1.165, 1.54) is 0 Å². The highest BCUT2D eigenvalue weighted by atomic mass is 32.1. The molecular formula is C16H24N2O2S. The zero-order valence-electron chi connectivity index (χ0n) is 13.1. The summed E-state index contributed by atoms with van der Waals surface area (Å²) in [6.07, 6.45) is 2.83. The molecular weight excluding hydrogens is 284 g/mol. The van der Waals surface area contributed by atoms with Gasteiger partial charge in [-0.15, -0.1) is 11.3 Å². The molecule has 2 aromatic rings. The van der Waals surface area contributed by atoms with Crippen LogP contribution in [0.15, 0.2) is 22.7 Å². The van der Waals surface area contributed by atoms with Crippen LogP contribution < -0.4 is 5.32 Å². The van der Waals surface area contributed by atoms with Crippen molar-refractivity contribution in [3.63, 3.8) is 0 Å². The summed E-state index contributed by atoms with van der Waals surface area (Å²) in [5.41, 5.74) is -0.680. The Balaban J connectivity index is 1.89. The number of furan rings is 1. The molecule has 2 heterocycles. The third-order valence-corrected chi connectivity index (χ3v) is 4.97. The lowest BCUT2D eigenvalue weighted by molar-refractivity contribution is 0.00539. The van der Waals surface area contributed by atoms with Crippen molar-refractivity contribution in [3.05, 3.63) is 29.0 Å². The van der Waals surface area contributed by atoms with E-state index in [1.54, 1.807) is 11.3 Å². The molecule has 0 fully saturated rings. The van der Waals surface area contributed by atoms with Crippen LogP contribution in [0.2, 0.25) is 0 Å². The topological polar surface area (TPSA) is 58.3 Å². The zero-order valence-corrected chi connectivity index (χ0v) is 14.0. The van der Waals surface area contributed by atoms with Crippen molar-refractivity contribution < 1.29 is 9.52 Å². The summed E-state index contributed by atoms with van der Waals surface area (Å²) in [4.78, 5) is 5.53. The Morgan fingerprint density at radius 1 is 1.48 bits per heavy atom. The summed E-state index contributed by atoms with van der Waals surface area (Å²) in [5.74, 6) is 1.98. The lowest BCUT2D eigenvalue weighted by atomic mass is 9.89. The number of aromatic nitrogens is 1. The van der Waals surface area contributed by atoms with Crippen LogP contribution in [0.1, 0.15) is 37.8 Å². The number of hydrogen-bond donors (Lipinski definition) is 2. The minimum Gasteiger partial charge on any atom is -0.459 e. The van der Waals surface area contributed by atoms with Crippen LogP contribution in [0.3, 0.4) is 0 Å². The molecule has 2 rings (SSSR count). The summed E-state index contributed by atoms with van der Waals surface area (Å²) in [6, 6.07) is 3.89. The van der Waals surface area contributed by atoms with Crippen molar-refractivity contribution >= 4 is 11.3 Å². The van der Waals surface area contributed by atoms with Crippen LogP contribution in [-0.4, -0.2) is 22.2 Å². The van der Waals surface area contributed by atoms with Crippen molar-refractivity contribution in [2.24, 2.45) is 5.92 Å². The molecule has 2 N–H and O–H groups in total. The van der Waals surface area contributed by atoms with E-state index < -0.39 is 5.60 Å². The van der Waals surface area contributed by atoms with Crippen molar-refractivity contribution in [1.82, 2.24) is 10.3 Å². The molecule has 0 amide bonds. The third-order valence-electron chi connectivity index (χ3n) is 3.96. The Hall–Kier alpha value is -1.17. The first-order valence-corrected chi connectivity index (χ1v) is 8.18. The molecule has 0 saturated carbocycles. The zero-order chi connectivity index (χ0) is 15.5. The van der Waals surface area contributed by atoms with Crippen LogP contribution in [0.25, 0.3) is 10.8 Å². The second-order valence-corrected chi connectivity index (χ2v) is 6.93. The molecule has 2 atom stereocenters. The van der Waals surface area contributed by atoms with E-state index in [2.05, 4.69) is 24.1 Å². The molecule has 21 heavy (non-hydrogen) atoms. The van der Waals surface area contributed by atoms with E-state index in [-0.39, 0.29) is 5.92 Å². The van der Waals surface area contributed by atoms with Crippen LogP contribution in [0.5, 0.6) is 0 Å². The van der Waals surface area contributed by atoms with Gasteiger partial charge in [0.1, 0.15) is 5.76 Å². The van der Waals surface area contributed by atoms with Crippen LogP contribution in [0, 0.1) is 12.8 Å². The summed E-state index contributed by atoms with van der Waals surface area (Å²) in [6.45, 7) is 9.28. The van der Waals surface area contributed by atoms with Gasteiger partial charge in [-0.2, -0.15) is 0 Å². The highest BCUT2D eigenvalue weighted by molar-refractivity contribution is 7.14. The van der Waals surface area contributed by atoms with E-state index in [0.29, 0.717) is 13.1 Å². The molecule has 116 valence electrons. The predicted octanol–water partition coefficient (Wildman–Crippen LogP) is 3.60. The number of rotatable bonds is 7. The number of nitrogens with one attached hydrogen (secondary N) is 1. The van der Waals surface area contributed by atoms with Crippen molar-refractivity contribution in [2.75, 3.05) is 6.54 Å². The Labute approximate surface area is 130 Å². The largest absolute Gasteiger partial charge is 0.459 e. The second kappa shape index (κ2) is 6.73. The summed E-state index contributed by atoms with van der Waals surface area (Å²) in [5, 5.41) is 14.6. The normalized spacial score (nSPS) is 15.9. The molecule has 0 bridgehead atoms. The first-order chi connectivity index (χ1) is 9.92.